The molecule has 0 bridgehead atoms. The Balaban J connectivity index is 1.79. The Bertz CT molecular complexity index is 1070. The summed E-state index contributed by atoms with van der Waals surface area (Å²) in [5, 5.41) is 15.7. The lowest BCUT2D eigenvalue weighted by Gasteiger charge is -2.26. The van der Waals surface area contributed by atoms with Crippen molar-refractivity contribution < 1.29 is 18.1 Å². The number of nitro groups is 1. The van der Waals surface area contributed by atoms with Gasteiger partial charge >= 0.3 is 0 Å². The van der Waals surface area contributed by atoms with E-state index in [1.165, 1.54) is 22.7 Å². The molecular weight excluding hydrogens is 432 g/mol. The van der Waals surface area contributed by atoms with E-state index in [0.717, 1.165) is 11.6 Å². The molecule has 0 amide bonds. The summed E-state index contributed by atoms with van der Waals surface area (Å²) in [6.45, 7) is 0.971. The number of allylic oxidation sites excluding steroid dienone is 1. The third kappa shape index (κ3) is 5.42. The van der Waals surface area contributed by atoms with Gasteiger partial charge in [-0.3, -0.25) is 15.5 Å². The SMILES string of the molecule is O=[N+]([O-])c1cc(S(=O)(=O)N2CCOCC2)ccc1N/N=C/C(Cl)=C/c1ccccc1. The van der Waals surface area contributed by atoms with Gasteiger partial charge in [0, 0.05) is 19.2 Å². The molecule has 3 rings (SSSR count). The first-order chi connectivity index (χ1) is 14.4. The molecule has 1 aliphatic rings. The van der Waals surface area contributed by atoms with Gasteiger partial charge in [0.1, 0.15) is 5.69 Å². The summed E-state index contributed by atoms with van der Waals surface area (Å²) < 4.78 is 31.8. The second-order valence-electron chi connectivity index (χ2n) is 6.26. The molecule has 158 valence electrons. The van der Waals surface area contributed by atoms with E-state index in [4.69, 9.17) is 16.3 Å². The number of sulfonamides is 1. The van der Waals surface area contributed by atoms with Crippen molar-refractivity contribution in [3.8, 4) is 0 Å². The predicted molar refractivity (Wildman–Crippen MR) is 115 cm³/mol. The first-order valence-electron chi connectivity index (χ1n) is 8.95. The average Bonchev–Trinajstić information content (AvgIpc) is 2.75. The molecule has 2 aromatic carbocycles. The van der Waals surface area contributed by atoms with Crippen LogP contribution in [0.5, 0.6) is 0 Å². The summed E-state index contributed by atoms with van der Waals surface area (Å²) in [5.74, 6) is 0. The number of hydrogen-bond acceptors (Lipinski definition) is 7. The van der Waals surface area contributed by atoms with Crippen LogP contribution >= 0.6 is 11.6 Å². The standard InChI is InChI=1S/C19H19ClN4O5S/c20-16(12-15-4-2-1-3-5-15)14-21-22-18-7-6-17(13-19(18)24(25)26)30(27,28)23-8-10-29-11-9-23/h1-7,12-14,22H,8-11H2/b16-12-,21-14+. The van der Waals surface area contributed by atoms with Crippen molar-refractivity contribution >= 4 is 45.3 Å². The molecular formula is C19H19ClN4O5S. The topological polar surface area (TPSA) is 114 Å². The molecule has 30 heavy (non-hydrogen) atoms. The van der Waals surface area contributed by atoms with Crippen LogP contribution in [0.1, 0.15) is 5.56 Å². The molecule has 0 spiro atoms. The zero-order valence-corrected chi connectivity index (χ0v) is 17.3. The first-order valence-corrected chi connectivity index (χ1v) is 10.8. The highest BCUT2D eigenvalue weighted by atomic mass is 35.5. The number of nitrogens with one attached hydrogen (secondary N) is 1. The van der Waals surface area contributed by atoms with E-state index in [1.54, 1.807) is 6.08 Å². The summed E-state index contributed by atoms with van der Waals surface area (Å²) in [6.07, 6.45) is 2.98. The molecule has 1 N–H and O–H groups in total. The van der Waals surface area contributed by atoms with Gasteiger partial charge in [0.25, 0.3) is 5.69 Å². The first kappa shape index (κ1) is 21.9. The highest BCUT2D eigenvalue weighted by Gasteiger charge is 2.28. The zero-order valence-electron chi connectivity index (χ0n) is 15.8. The molecule has 1 heterocycles. The molecule has 9 nitrogen and oxygen atoms in total. The Morgan fingerprint density at radius 1 is 1.20 bits per heavy atom. The lowest BCUT2D eigenvalue weighted by atomic mass is 10.2. The molecule has 0 atom stereocenters. The highest BCUT2D eigenvalue weighted by molar-refractivity contribution is 7.89. The second-order valence-corrected chi connectivity index (χ2v) is 8.64. The highest BCUT2D eigenvalue weighted by Crippen LogP contribution is 2.29. The van der Waals surface area contributed by atoms with Gasteiger partial charge in [-0.15, -0.1) is 0 Å². The van der Waals surface area contributed by atoms with E-state index < -0.39 is 20.6 Å². The maximum atomic E-state index is 12.7. The van der Waals surface area contributed by atoms with Crippen LogP contribution in [0.25, 0.3) is 6.08 Å². The number of nitrogens with zero attached hydrogens (tertiary/aromatic N) is 3. The number of benzene rings is 2. The van der Waals surface area contributed by atoms with Gasteiger partial charge in [-0.05, 0) is 23.8 Å². The van der Waals surface area contributed by atoms with Crippen molar-refractivity contribution in [3.05, 3.63) is 69.2 Å². The van der Waals surface area contributed by atoms with Crippen molar-refractivity contribution in [2.75, 3.05) is 31.7 Å². The number of hydrogen-bond donors (Lipinski definition) is 1. The van der Waals surface area contributed by atoms with Gasteiger partial charge in [-0.2, -0.15) is 9.41 Å². The van der Waals surface area contributed by atoms with Crippen LogP contribution in [0.4, 0.5) is 11.4 Å². The van der Waals surface area contributed by atoms with E-state index in [0.29, 0.717) is 5.03 Å². The third-order valence-electron chi connectivity index (χ3n) is 4.25. The van der Waals surface area contributed by atoms with Crippen LogP contribution < -0.4 is 5.43 Å². The Labute approximate surface area is 178 Å². The summed E-state index contributed by atoms with van der Waals surface area (Å²) in [6, 6.07) is 13.0. The summed E-state index contributed by atoms with van der Waals surface area (Å²) in [7, 11) is -3.85. The minimum absolute atomic E-state index is 0.0429. The minimum atomic E-state index is -3.85. The van der Waals surface area contributed by atoms with Crippen molar-refractivity contribution in [3.63, 3.8) is 0 Å². The van der Waals surface area contributed by atoms with E-state index >= 15 is 0 Å². The van der Waals surface area contributed by atoms with Gasteiger partial charge in [0.2, 0.25) is 10.0 Å². The van der Waals surface area contributed by atoms with Crippen molar-refractivity contribution in [2.45, 2.75) is 4.90 Å². The van der Waals surface area contributed by atoms with E-state index in [-0.39, 0.29) is 36.9 Å². The lowest BCUT2D eigenvalue weighted by Crippen LogP contribution is -2.40. The Morgan fingerprint density at radius 2 is 1.90 bits per heavy atom. The fourth-order valence-electron chi connectivity index (χ4n) is 2.76. The molecule has 0 aromatic heterocycles. The fourth-order valence-corrected chi connectivity index (χ4v) is 4.37. The van der Waals surface area contributed by atoms with E-state index in [9.17, 15) is 18.5 Å². The smallest absolute Gasteiger partial charge is 0.295 e. The van der Waals surface area contributed by atoms with Crippen LogP contribution in [-0.2, 0) is 14.8 Å². The summed E-state index contributed by atoms with van der Waals surface area (Å²) in [4.78, 5) is 10.6. The number of nitro benzene ring substituents is 1. The molecule has 0 aliphatic carbocycles. The van der Waals surface area contributed by atoms with Crippen LogP contribution in [0.15, 0.2) is 63.6 Å². The molecule has 1 fully saturated rings. The lowest BCUT2D eigenvalue weighted by molar-refractivity contribution is -0.384. The van der Waals surface area contributed by atoms with Gasteiger partial charge in [0.05, 0.1) is 34.3 Å². The fraction of sp³-hybridized carbons (Fsp3) is 0.211. The summed E-state index contributed by atoms with van der Waals surface area (Å²) >= 11 is 6.10. The number of anilines is 1. The molecule has 1 saturated heterocycles. The van der Waals surface area contributed by atoms with Crippen LogP contribution in [0, 0.1) is 10.1 Å². The number of ether oxygens (including phenoxy) is 1. The number of hydrazone groups is 1. The maximum Gasteiger partial charge on any atom is 0.295 e. The quantitative estimate of drug-likeness (QED) is 0.393. The molecule has 0 unspecified atom stereocenters. The van der Waals surface area contributed by atoms with Gasteiger partial charge in [-0.25, -0.2) is 8.42 Å². The third-order valence-corrected chi connectivity index (χ3v) is 6.35. The molecule has 0 saturated carbocycles. The Morgan fingerprint density at radius 3 is 2.57 bits per heavy atom. The zero-order chi connectivity index (χ0) is 21.6. The van der Waals surface area contributed by atoms with Gasteiger partial charge in [0.15, 0.2) is 0 Å². The van der Waals surface area contributed by atoms with Crippen LogP contribution in [0.2, 0.25) is 0 Å². The average molecular weight is 451 g/mol. The van der Waals surface area contributed by atoms with E-state index in [2.05, 4.69) is 10.5 Å². The van der Waals surface area contributed by atoms with Crippen molar-refractivity contribution in [1.82, 2.24) is 4.31 Å². The molecule has 1 aliphatic heterocycles. The Kier molecular flexibility index (Phi) is 7.16. The molecule has 11 heteroatoms. The number of halogens is 1. The predicted octanol–water partition coefficient (Wildman–Crippen LogP) is 3.29. The minimum Gasteiger partial charge on any atom is -0.379 e. The summed E-state index contributed by atoms with van der Waals surface area (Å²) in [5.41, 5.74) is 3.05. The Hall–Kier alpha value is -2.79. The monoisotopic (exact) mass is 450 g/mol. The normalized spacial score (nSPS) is 16.0. The molecule has 0 radical (unpaired) electrons. The van der Waals surface area contributed by atoms with Crippen LogP contribution in [-0.4, -0.2) is 50.2 Å². The van der Waals surface area contributed by atoms with Crippen molar-refractivity contribution in [1.29, 1.82) is 0 Å². The van der Waals surface area contributed by atoms with Gasteiger partial charge < -0.3 is 4.74 Å². The van der Waals surface area contributed by atoms with Crippen molar-refractivity contribution in [2.24, 2.45) is 5.10 Å². The number of morpholine rings is 1. The second kappa shape index (κ2) is 9.81. The molecule has 2 aromatic rings. The maximum absolute atomic E-state index is 12.7. The number of rotatable bonds is 7. The van der Waals surface area contributed by atoms with E-state index in [1.807, 2.05) is 30.3 Å². The van der Waals surface area contributed by atoms with Crippen LogP contribution in [0.3, 0.4) is 0 Å². The largest absolute Gasteiger partial charge is 0.379 e. The van der Waals surface area contributed by atoms with Gasteiger partial charge in [-0.1, -0.05) is 41.9 Å².